The summed E-state index contributed by atoms with van der Waals surface area (Å²) in [6, 6.07) is -0.211. The zero-order valence-corrected chi connectivity index (χ0v) is 10.9. The molecule has 18 heavy (non-hydrogen) atoms. The van der Waals surface area contributed by atoms with Crippen molar-refractivity contribution in [3.8, 4) is 0 Å². The van der Waals surface area contributed by atoms with Crippen LogP contribution < -0.4 is 11.1 Å². The van der Waals surface area contributed by atoms with E-state index in [2.05, 4.69) is 10.3 Å². The highest BCUT2D eigenvalue weighted by Crippen LogP contribution is 2.23. The number of nitrogens with one attached hydrogen (secondary N) is 1. The minimum atomic E-state index is -0.280. The summed E-state index contributed by atoms with van der Waals surface area (Å²) >= 11 is 0. The molecular weight excluding hydrogens is 234 g/mol. The van der Waals surface area contributed by atoms with Gasteiger partial charge in [-0.2, -0.15) is 0 Å². The van der Waals surface area contributed by atoms with Gasteiger partial charge in [0.15, 0.2) is 5.89 Å². The molecule has 3 atom stereocenters. The van der Waals surface area contributed by atoms with E-state index in [1.165, 1.54) is 0 Å². The first-order valence-corrected chi connectivity index (χ1v) is 6.15. The van der Waals surface area contributed by atoms with E-state index < -0.39 is 0 Å². The molecule has 0 aliphatic heterocycles. The van der Waals surface area contributed by atoms with E-state index in [1.807, 2.05) is 6.92 Å². The van der Waals surface area contributed by atoms with Crippen LogP contribution in [0.5, 0.6) is 0 Å². The van der Waals surface area contributed by atoms with Crippen LogP contribution >= 0.6 is 0 Å². The Bertz CT molecular complexity index is 442. The van der Waals surface area contributed by atoms with Crippen molar-refractivity contribution in [3.05, 3.63) is 17.3 Å². The maximum absolute atomic E-state index is 12.0. The molecule has 1 fully saturated rings. The molecule has 0 spiro atoms. The van der Waals surface area contributed by atoms with E-state index in [0.717, 1.165) is 6.42 Å². The van der Waals surface area contributed by atoms with Crippen molar-refractivity contribution in [2.75, 3.05) is 6.61 Å². The van der Waals surface area contributed by atoms with Crippen molar-refractivity contribution in [1.29, 1.82) is 0 Å². The summed E-state index contributed by atoms with van der Waals surface area (Å²) in [5, 5.41) is 2.85. The number of aromatic nitrogens is 1. The highest BCUT2D eigenvalue weighted by atomic mass is 16.5. The predicted molar refractivity (Wildman–Crippen MR) is 65.2 cm³/mol. The number of carbonyl (C=O) groups excluding carboxylic acids is 1. The monoisotopic (exact) mass is 253 g/mol. The average molecular weight is 253 g/mol. The quantitative estimate of drug-likeness (QED) is 0.816. The lowest BCUT2D eigenvalue weighted by atomic mass is 9.83. The molecule has 0 bridgehead atoms. The zero-order chi connectivity index (χ0) is 13.3. The summed E-state index contributed by atoms with van der Waals surface area (Å²) in [7, 11) is 0. The Morgan fingerprint density at radius 1 is 1.61 bits per heavy atom. The highest BCUT2D eigenvalue weighted by Gasteiger charge is 2.41. The van der Waals surface area contributed by atoms with Gasteiger partial charge in [0.2, 0.25) is 5.76 Å². The second-order valence-electron chi connectivity index (χ2n) is 4.54. The van der Waals surface area contributed by atoms with Crippen LogP contribution in [-0.4, -0.2) is 35.7 Å². The Balaban J connectivity index is 2.01. The van der Waals surface area contributed by atoms with Gasteiger partial charge in [0.05, 0.1) is 17.8 Å². The van der Waals surface area contributed by atoms with E-state index in [0.29, 0.717) is 18.2 Å². The van der Waals surface area contributed by atoms with Crippen LogP contribution in [-0.2, 0) is 4.74 Å². The molecule has 3 unspecified atom stereocenters. The first-order valence-electron chi connectivity index (χ1n) is 6.15. The lowest BCUT2D eigenvalue weighted by molar-refractivity contribution is -0.0302. The molecule has 0 aromatic carbocycles. The highest BCUT2D eigenvalue weighted by molar-refractivity contribution is 5.92. The van der Waals surface area contributed by atoms with Gasteiger partial charge in [-0.3, -0.25) is 4.79 Å². The fourth-order valence-electron chi connectivity index (χ4n) is 2.19. The minimum Gasteiger partial charge on any atom is -0.436 e. The van der Waals surface area contributed by atoms with Gasteiger partial charge in [-0.25, -0.2) is 4.98 Å². The largest absolute Gasteiger partial charge is 0.436 e. The molecule has 0 radical (unpaired) electrons. The van der Waals surface area contributed by atoms with Crippen molar-refractivity contribution < 1.29 is 13.9 Å². The lowest BCUT2D eigenvalue weighted by Gasteiger charge is -2.42. The minimum absolute atomic E-state index is 0.00160. The topological polar surface area (TPSA) is 90.4 Å². The Morgan fingerprint density at radius 2 is 2.33 bits per heavy atom. The van der Waals surface area contributed by atoms with Gasteiger partial charge in [0.25, 0.3) is 5.91 Å². The molecule has 1 aliphatic rings. The molecule has 2 rings (SSSR count). The molecule has 1 aromatic heterocycles. The van der Waals surface area contributed by atoms with Crippen LogP contribution in [0.3, 0.4) is 0 Å². The van der Waals surface area contributed by atoms with E-state index in [-0.39, 0.29) is 29.9 Å². The van der Waals surface area contributed by atoms with Crippen molar-refractivity contribution in [3.63, 3.8) is 0 Å². The second kappa shape index (κ2) is 5.07. The summed E-state index contributed by atoms with van der Waals surface area (Å²) in [6.07, 6.45) is 0.769. The van der Waals surface area contributed by atoms with Gasteiger partial charge < -0.3 is 20.2 Å². The lowest BCUT2D eigenvalue weighted by Crippen LogP contribution is -2.64. The summed E-state index contributed by atoms with van der Waals surface area (Å²) in [6.45, 7) is 5.99. The van der Waals surface area contributed by atoms with Gasteiger partial charge in [-0.05, 0) is 20.3 Å². The fraction of sp³-hybridized carbons (Fsp3) is 0.667. The van der Waals surface area contributed by atoms with Gasteiger partial charge >= 0.3 is 0 Å². The molecular formula is C12H19N3O3. The number of nitrogens with two attached hydrogens (primary N) is 1. The normalized spacial score (nSPS) is 26.8. The molecule has 6 nitrogen and oxygen atoms in total. The van der Waals surface area contributed by atoms with Gasteiger partial charge in [0, 0.05) is 19.6 Å². The van der Waals surface area contributed by atoms with Crippen LogP contribution in [0.25, 0.3) is 0 Å². The van der Waals surface area contributed by atoms with E-state index >= 15 is 0 Å². The van der Waals surface area contributed by atoms with E-state index in [1.54, 1.807) is 13.8 Å². The number of nitrogens with zero attached hydrogens (tertiary/aromatic N) is 1. The molecule has 1 saturated carbocycles. The molecule has 1 aromatic rings. The summed E-state index contributed by atoms with van der Waals surface area (Å²) in [5.74, 6) is 0.455. The molecule has 6 heteroatoms. The van der Waals surface area contributed by atoms with Gasteiger partial charge in [-0.1, -0.05) is 0 Å². The van der Waals surface area contributed by atoms with Crippen molar-refractivity contribution >= 4 is 5.91 Å². The Kier molecular flexibility index (Phi) is 3.68. The smallest absolute Gasteiger partial charge is 0.289 e. The summed E-state index contributed by atoms with van der Waals surface area (Å²) in [5.41, 5.74) is 6.46. The predicted octanol–water partition coefficient (Wildman–Crippen LogP) is 0.526. The number of ether oxygens (including phenoxy) is 1. The number of aryl methyl sites for hydroxylation is 2. The van der Waals surface area contributed by atoms with Gasteiger partial charge in [-0.15, -0.1) is 0 Å². The molecule has 0 saturated heterocycles. The molecule has 100 valence electrons. The van der Waals surface area contributed by atoms with Crippen molar-refractivity contribution in [2.24, 2.45) is 5.73 Å². The van der Waals surface area contributed by atoms with Crippen LogP contribution in [0.2, 0.25) is 0 Å². The van der Waals surface area contributed by atoms with Crippen molar-refractivity contribution in [1.82, 2.24) is 10.3 Å². The number of amides is 1. The third kappa shape index (κ3) is 2.39. The number of rotatable bonds is 4. The van der Waals surface area contributed by atoms with Crippen LogP contribution in [0.1, 0.15) is 35.5 Å². The Morgan fingerprint density at radius 3 is 2.83 bits per heavy atom. The first kappa shape index (κ1) is 13.0. The summed E-state index contributed by atoms with van der Waals surface area (Å²) < 4.78 is 10.8. The number of oxazole rings is 1. The van der Waals surface area contributed by atoms with Crippen LogP contribution in [0.15, 0.2) is 4.42 Å². The third-order valence-corrected chi connectivity index (χ3v) is 3.15. The maximum atomic E-state index is 12.0. The summed E-state index contributed by atoms with van der Waals surface area (Å²) in [4.78, 5) is 16.1. The second-order valence-corrected chi connectivity index (χ2v) is 4.54. The first-order chi connectivity index (χ1) is 8.52. The van der Waals surface area contributed by atoms with Crippen LogP contribution in [0, 0.1) is 13.8 Å². The molecule has 1 heterocycles. The number of hydrogen-bond donors (Lipinski definition) is 2. The molecule has 1 aliphatic carbocycles. The third-order valence-electron chi connectivity index (χ3n) is 3.15. The van der Waals surface area contributed by atoms with Crippen molar-refractivity contribution in [2.45, 2.75) is 45.4 Å². The molecule has 1 amide bonds. The van der Waals surface area contributed by atoms with E-state index in [9.17, 15) is 4.79 Å². The molecule has 3 N–H and O–H groups in total. The number of carbonyl (C=O) groups is 1. The standard InChI is InChI=1S/C12H19N3O3/c1-4-17-9-5-8(13)10(9)15-12(16)11-6(2)14-7(3)18-11/h8-10H,4-5,13H2,1-3H3,(H,15,16). The van der Waals surface area contributed by atoms with Crippen LogP contribution in [0.4, 0.5) is 0 Å². The van der Waals surface area contributed by atoms with E-state index in [4.69, 9.17) is 14.9 Å². The fourth-order valence-corrected chi connectivity index (χ4v) is 2.19. The SMILES string of the molecule is CCOC1CC(N)C1NC(=O)c1oc(C)nc1C. The average Bonchev–Trinajstić information content (AvgIpc) is 2.65. The zero-order valence-electron chi connectivity index (χ0n) is 10.9. The Hall–Kier alpha value is -1.40. The maximum Gasteiger partial charge on any atom is 0.289 e. The number of hydrogen-bond acceptors (Lipinski definition) is 5. The Labute approximate surface area is 106 Å². The van der Waals surface area contributed by atoms with Gasteiger partial charge in [0.1, 0.15) is 0 Å².